The van der Waals surface area contributed by atoms with Crippen LogP contribution >= 0.6 is 0 Å². The zero-order valence-electron chi connectivity index (χ0n) is 3.85. The maximum absolute atomic E-state index is 4.62. The lowest BCUT2D eigenvalue weighted by Gasteiger charge is -2.07. The molecule has 0 aromatic carbocycles. The summed E-state index contributed by atoms with van der Waals surface area (Å²) in [4.78, 5) is 0. The van der Waals surface area contributed by atoms with Gasteiger partial charge in [-0.05, 0) is 0 Å². The van der Waals surface area contributed by atoms with Crippen molar-refractivity contribution in [1.29, 1.82) is 0 Å². The third-order valence-corrected chi connectivity index (χ3v) is 0.500. The van der Waals surface area contributed by atoms with Crippen LogP contribution in [0.5, 0.6) is 0 Å². The highest BCUT2D eigenvalue weighted by Gasteiger charge is 2.03. The molecule has 1 aliphatic heterocycles. The Labute approximate surface area is 43.4 Å². The average molecular weight is 101 g/mol. The highest BCUT2D eigenvalue weighted by Crippen LogP contribution is 1.78. The van der Waals surface area contributed by atoms with Crippen LogP contribution < -0.4 is 0 Å². The van der Waals surface area contributed by atoms with Crippen LogP contribution in [-0.4, -0.2) is 28.5 Å². The largest absolute Gasteiger partial charge is 0.458 e. The van der Waals surface area contributed by atoms with E-state index < -0.39 is 0 Å². The monoisotopic (exact) mass is 102 g/mol. The molecule has 0 amide bonds. The molecule has 1 fully saturated rings. The van der Waals surface area contributed by atoms with Gasteiger partial charge in [0.15, 0.2) is 0 Å². The third kappa shape index (κ3) is 2.70. The molecule has 0 saturated carbocycles. The highest BCUT2D eigenvalue weighted by atomic mass is 16.7. The summed E-state index contributed by atoms with van der Waals surface area (Å²) in [6.45, 7) is 0. The van der Waals surface area contributed by atoms with Gasteiger partial charge in [-0.25, -0.2) is 0 Å². The molecule has 1 saturated heterocycles. The number of rotatable bonds is 0. The van der Waals surface area contributed by atoms with Crippen LogP contribution in [-0.2, 0) is 13.7 Å². The quantitative estimate of drug-likeness (QED) is 0.306. The van der Waals surface area contributed by atoms with Gasteiger partial charge < -0.3 is 19.2 Å². The second-order valence-corrected chi connectivity index (χ2v) is 0.966. The van der Waals surface area contributed by atoms with Gasteiger partial charge in [0, 0.05) is 0 Å². The summed E-state index contributed by atoms with van der Waals surface area (Å²) >= 11 is 0. The van der Waals surface area contributed by atoms with Gasteiger partial charge in [0.2, 0.25) is 0 Å². The molecule has 0 unspecified atom stereocenters. The molecule has 7 heavy (non-hydrogen) atoms. The Kier molecular flexibility index (Phi) is 4.22. The van der Waals surface area contributed by atoms with Gasteiger partial charge in [-0.1, -0.05) is 0 Å². The Hall–Kier alpha value is 0.0348. The molecular weight excluding hydrogens is 96.4 g/mol. The first-order valence-electron chi connectivity index (χ1n) is 1.73. The molecule has 4 nitrogen and oxygen atoms in total. The van der Waals surface area contributed by atoms with Gasteiger partial charge in [0.05, 0.1) is 0 Å². The minimum Gasteiger partial charge on any atom is -0.458 e. The van der Waals surface area contributed by atoms with E-state index in [1.54, 1.807) is 0 Å². The third-order valence-electron chi connectivity index (χ3n) is 0.500. The van der Waals surface area contributed by atoms with Crippen molar-refractivity contribution in [2.24, 2.45) is 0 Å². The average Bonchev–Trinajstić information content (AvgIpc) is 1.72. The Morgan fingerprint density at radius 3 is 1.14 bits per heavy atom. The van der Waals surface area contributed by atoms with Gasteiger partial charge in [-0.15, -0.1) is 0 Å². The molecule has 0 spiro atoms. The number of hydrogen-bond acceptors (Lipinski definition) is 3. The summed E-state index contributed by atoms with van der Waals surface area (Å²) in [6.07, 6.45) is 0. The van der Waals surface area contributed by atoms with Gasteiger partial charge in [-0.2, -0.15) is 0 Å². The predicted octanol–water partition coefficient (Wildman–Crippen LogP) is -2.98. The summed E-state index contributed by atoms with van der Waals surface area (Å²) in [5, 5.41) is 0. The fraction of sp³-hybridized carbons (Fsp3) is 0. The van der Waals surface area contributed by atoms with Gasteiger partial charge in [0.1, 0.15) is 0 Å². The summed E-state index contributed by atoms with van der Waals surface area (Å²) < 4.78 is 13.9. The van der Waals surface area contributed by atoms with E-state index in [-0.39, 0.29) is 5.48 Å². The zero-order valence-corrected chi connectivity index (χ0v) is 3.85. The standard InChI is InChI=1S/B3H3O3.H2O/c1-4-2-6-3-5-1;/h1-3H;1H2. The smallest absolute Gasteiger partial charge is 0.410 e. The van der Waals surface area contributed by atoms with Crippen LogP contribution in [0.15, 0.2) is 0 Å². The van der Waals surface area contributed by atoms with Gasteiger partial charge >= 0.3 is 23.1 Å². The van der Waals surface area contributed by atoms with E-state index in [2.05, 4.69) is 13.7 Å². The molecule has 0 radical (unpaired) electrons. The van der Waals surface area contributed by atoms with Crippen LogP contribution in [0.1, 0.15) is 0 Å². The molecule has 1 aliphatic rings. The van der Waals surface area contributed by atoms with Crippen molar-refractivity contribution in [1.82, 2.24) is 0 Å². The van der Waals surface area contributed by atoms with E-state index in [0.717, 1.165) is 0 Å². The van der Waals surface area contributed by atoms with Crippen LogP contribution in [0.4, 0.5) is 0 Å². The molecule has 0 bridgehead atoms. The highest BCUT2D eigenvalue weighted by molar-refractivity contribution is 6.50. The molecule has 1 rings (SSSR count). The van der Waals surface area contributed by atoms with Crippen LogP contribution in [0.2, 0.25) is 0 Å². The van der Waals surface area contributed by atoms with Crippen LogP contribution in [0, 0.1) is 0 Å². The fourth-order valence-corrected chi connectivity index (χ4v) is 0.279. The van der Waals surface area contributed by atoms with Gasteiger partial charge in [0.25, 0.3) is 0 Å². The second-order valence-electron chi connectivity index (χ2n) is 0.966. The van der Waals surface area contributed by atoms with Crippen molar-refractivity contribution >= 4 is 23.1 Å². The Bertz CT molecular complexity index is 22.4. The Balaban J connectivity index is 0.000000360. The molecule has 0 aromatic heterocycles. The molecule has 0 aromatic rings. The molecule has 1 heterocycles. The maximum atomic E-state index is 4.62. The van der Waals surface area contributed by atoms with Crippen molar-refractivity contribution in [3.05, 3.63) is 0 Å². The Morgan fingerprint density at radius 1 is 0.714 bits per heavy atom. The van der Waals surface area contributed by atoms with Crippen molar-refractivity contribution in [2.45, 2.75) is 0 Å². The molecular formula is H5B3O4. The molecule has 0 aliphatic carbocycles. The first kappa shape index (κ1) is 7.03. The fourth-order valence-electron chi connectivity index (χ4n) is 0.279. The minimum atomic E-state index is 0. The van der Waals surface area contributed by atoms with E-state index in [1.807, 2.05) is 0 Å². The lowest BCUT2D eigenvalue weighted by Crippen LogP contribution is -2.23. The van der Waals surface area contributed by atoms with Crippen LogP contribution in [0.3, 0.4) is 0 Å². The SMILES string of the molecule is B1OBOBO1.O. The topological polar surface area (TPSA) is 59.2 Å². The molecule has 38 valence electrons. The first-order chi connectivity index (χ1) is 3.00. The van der Waals surface area contributed by atoms with E-state index in [4.69, 9.17) is 0 Å². The van der Waals surface area contributed by atoms with Crippen molar-refractivity contribution in [2.75, 3.05) is 0 Å². The van der Waals surface area contributed by atoms with Crippen LogP contribution in [0.25, 0.3) is 0 Å². The summed E-state index contributed by atoms with van der Waals surface area (Å²) in [5.41, 5.74) is 0. The Morgan fingerprint density at radius 2 is 1.00 bits per heavy atom. The van der Waals surface area contributed by atoms with Crippen molar-refractivity contribution in [3.8, 4) is 0 Å². The van der Waals surface area contributed by atoms with Gasteiger partial charge in [-0.3, -0.25) is 0 Å². The summed E-state index contributed by atoms with van der Waals surface area (Å²) in [6, 6.07) is 0. The first-order valence-corrected chi connectivity index (χ1v) is 1.73. The lowest BCUT2D eigenvalue weighted by atomic mass is 10.1. The minimum absolute atomic E-state index is 0. The van der Waals surface area contributed by atoms with Crippen molar-refractivity contribution in [3.63, 3.8) is 0 Å². The molecule has 7 heteroatoms. The normalized spacial score (nSPS) is 17.1. The molecule has 2 N–H and O–H groups in total. The maximum Gasteiger partial charge on any atom is 0.410 e. The number of hydrogen-bond donors (Lipinski definition) is 0. The second kappa shape index (κ2) is 4.20. The van der Waals surface area contributed by atoms with E-state index in [0.29, 0.717) is 23.1 Å². The van der Waals surface area contributed by atoms with Crippen molar-refractivity contribution < 1.29 is 19.2 Å². The lowest BCUT2D eigenvalue weighted by molar-refractivity contribution is 0.347. The zero-order chi connectivity index (χ0) is 4.24. The van der Waals surface area contributed by atoms with E-state index in [9.17, 15) is 0 Å². The molecule has 0 atom stereocenters. The van der Waals surface area contributed by atoms with E-state index in [1.165, 1.54) is 0 Å². The summed E-state index contributed by atoms with van der Waals surface area (Å²) in [5.74, 6) is 0. The predicted molar refractivity (Wildman–Crippen MR) is 28.3 cm³/mol. The summed E-state index contributed by atoms with van der Waals surface area (Å²) in [7, 11) is 1.12. The van der Waals surface area contributed by atoms with E-state index >= 15 is 0 Å².